The van der Waals surface area contributed by atoms with E-state index in [1.165, 1.54) is 6.92 Å². The number of aliphatic hydroxyl groups is 1. The summed E-state index contributed by atoms with van der Waals surface area (Å²) in [5, 5.41) is 18.8. The van der Waals surface area contributed by atoms with E-state index in [0.29, 0.717) is 12.1 Å². The van der Waals surface area contributed by atoms with Gasteiger partial charge in [0.25, 0.3) is 0 Å². The average molecular weight is 278 g/mol. The van der Waals surface area contributed by atoms with Crippen LogP contribution >= 0.6 is 0 Å². The molecule has 110 valence electrons. The van der Waals surface area contributed by atoms with Gasteiger partial charge < -0.3 is 10.2 Å². The van der Waals surface area contributed by atoms with Gasteiger partial charge >= 0.3 is 0 Å². The fourth-order valence-corrected chi connectivity index (χ4v) is 2.48. The molecule has 2 N–H and O–H groups in total. The van der Waals surface area contributed by atoms with E-state index in [2.05, 4.69) is 9.80 Å². The second-order valence-corrected chi connectivity index (χ2v) is 5.24. The standard InChI is InChI=1S/C15H22N2O3/c1-12(19)13-2-3-15(20)14(10-13)11-17-6-4-16(5-7-17)8-9-18/h2-3,10,18,20H,4-9,11H2,1H3. The number of rotatable bonds is 5. The fraction of sp³-hybridized carbons (Fsp3) is 0.533. The molecule has 0 amide bonds. The van der Waals surface area contributed by atoms with Crippen LogP contribution in [-0.2, 0) is 6.54 Å². The molecule has 1 aliphatic heterocycles. The Morgan fingerprint density at radius 3 is 2.45 bits per heavy atom. The summed E-state index contributed by atoms with van der Waals surface area (Å²) < 4.78 is 0. The second-order valence-electron chi connectivity index (χ2n) is 5.24. The van der Waals surface area contributed by atoms with E-state index in [1.54, 1.807) is 18.2 Å². The fourth-order valence-electron chi connectivity index (χ4n) is 2.48. The Morgan fingerprint density at radius 2 is 1.85 bits per heavy atom. The normalized spacial score (nSPS) is 17.3. The highest BCUT2D eigenvalue weighted by atomic mass is 16.3. The quantitative estimate of drug-likeness (QED) is 0.777. The summed E-state index contributed by atoms with van der Waals surface area (Å²) in [6.07, 6.45) is 0. The number of carbonyl (C=O) groups is 1. The Hall–Kier alpha value is -1.43. The molecule has 1 fully saturated rings. The number of ketones is 1. The molecular weight excluding hydrogens is 256 g/mol. The topological polar surface area (TPSA) is 64.0 Å². The van der Waals surface area contributed by atoms with Crippen molar-refractivity contribution in [3.05, 3.63) is 29.3 Å². The third kappa shape index (κ3) is 3.79. The van der Waals surface area contributed by atoms with Crippen molar-refractivity contribution in [2.24, 2.45) is 0 Å². The van der Waals surface area contributed by atoms with Gasteiger partial charge in [0.1, 0.15) is 5.75 Å². The second kappa shape index (κ2) is 6.83. The average Bonchev–Trinajstić information content (AvgIpc) is 2.43. The van der Waals surface area contributed by atoms with Crippen LogP contribution in [0.15, 0.2) is 18.2 Å². The molecule has 1 saturated heterocycles. The van der Waals surface area contributed by atoms with Crippen LogP contribution in [0.1, 0.15) is 22.8 Å². The number of benzene rings is 1. The Morgan fingerprint density at radius 1 is 1.20 bits per heavy atom. The number of phenols is 1. The molecule has 2 rings (SSSR count). The summed E-state index contributed by atoms with van der Waals surface area (Å²) in [5.41, 5.74) is 1.44. The van der Waals surface area contributed by atoms with Crippen LogP contribution in [0.2, 0.25) is 0 Å². The third-order valence-electron chi connectivity index (χ3n) is 3.76. The van der Waals surface area contributed by atoms with Crippen molar-refractivity contribution in [3.63, 3.8) is 0 Å². The van der Waals surface area contributed by atoms with Crippen LogP contribution in [0.5, 0.6) is 5.75 Å². The molecule has 20 heavy (non-hydrogen) atoms. The molecule has 0 bridgehead atoms. The number of carbonyl (C=O) groups excluding carboxylic acids is 1. The molecule has 1 aromatic carbocycles. The summed E-state index contributed by atoms with van der Waals surface area (Å²) in [6.45, 7) is 6.76. The first kappa shape index (κ1) is 15.0. The molecule has 1 heterocycles. The van der Waals surface area contributed by atoms with Crippen molar-refractivity contribution < 1.29 is 15.0 Å². The molecule has 1 aliphatic rings. The maximum Gasteiger partial charge on any atom is 0.159 e. The molecule has 0 atom stereocenters. The number of nitrogens with zero attached hydrogens (tertiary/aromatic N) is 2. The van der Waals surface area contributed by atoms with Crippen molar-refractivity contribution in [1.82, 2.24) is 9.80 Å². The first-order chi connectivity index (χ1) is 9.60. The van der Waals surface area contributed by atoms with Gasteiger partial charge in [-0.15, -0.1) is 0 Å². The van der Waals surface area contributed by atoms with Crippen LogP contribution < -0.4 is 0 Å². The van der Waals surface area contributed by atoms with E-state index < -0.39 is 0 Å². The van der Waals surface area contributed by atoms with E-state index in [4.69, 9.17) is 5.11 Å². The monoisotopic (exact) mass is 278 g/mol. The van der Waals surface area contributed by atoms with Crippen LogP contribution in [-0.4, -0.2) is 65.1 Å². The minimum atomic E-state index is 0.0130. The molecule has 0 spiro atoms. The van der Waals surface area contributed by atoms with Gasteiger partial charge in [0, 0.05) is 50.4 Å². The number of piperazine rings is 1. The number of hydrogen-bond donors (Lipinski definition) is 2. The maximum absolute atomic E-state index is 11.4. The largest absolute Gasteiger partial charge is 0.508 e. The van der Waals surface area contributed by atoms with Crippen LogP contribution in [0.25, 0.3) is 0 Å². The molecule has 0 aromatic heterocycles. The summed E-state index contributed by atoms with van der Waals surface area (Å²) >= 11 is 0. The van der Waals surface area contributed by atoms with Gasteiger partial charge in [0.2, 0.25) is 0 Å². The van der Waals surface area contributed by atoms with Crippen LogP contribution in [0, 0.1) is 0 Å². The predicted octanol–water partition coefficient (Wildman–Crippen LogP) is 0.705. The Labute approximate surface area is 119 Å². The lowest BCUT2D eigenvalue weighted by molar-refractivity contribution is 0.101. The van der Waals surface area contributed by atoms with Gasteiger partial charge in [-0.25, -0.2) is 0 Å². The summed E-state index contributed by atoms with van der Waals surface area (Å²) in [4.78, 5) is 15.9. The van der Waals surface area contributed by atoms with Crippen LogP contribution in [0.4, 0.5) is 0 Å². The first-order valence-electron chi connectivity index (χ1n) is 6.98. The summed E-state index contributed by atoms with van der Waals surface area (Å²) in [5.74, 6) is 0.256. The maximum atomic E-state index is 11.4. The smallest absolute Gasteiger partial charge is 0.159 e. The van der Waals surface area contributed by atoms with E-state index in [9.17, 15) is 9.90 Å². The molecule has 0 saturated carbocycles. The first-order valence-corrected chi connectivity index (χ1v) is 6.98. The number of aromatic hydroxyl groups is 1. The SMILES string of the molecule is CC(=O)c1ccc(O)c(CN2CCN(CCO)CC2)c1. The van der Waals surface area contributed by atoms with Gasteiger partial charge in [0.05, 0.1) is 6.61 Å². The third-order valence-corrected chi connectivity index (χ3v) is 3.76. The number of Topliss-reactive ketones (excluding diaryl/α,β-unsaturated/α-hetero) is 1. The Balaban J connectivity index is 1.97. The highest BCUT2D eigenvalue weighted by Gasteiger charge is 2.17. The van der Waals surface area contributed by atoms with Gasteiger partial charge in [-0.05, 0) is 25.1 Å². The van der Waals surface area contributed by atoms with Crippen molar-refractivity contribution in [3.8, 4) is 5.75 Å². The molecule has 5 heteroatoms. The summed E-state index contributed by atoms with van der Waals surface area (Å²) in [6, 6.07) is 5.02. The Kier molecular flexibility index (Phi) is 5.11. The molecule has 5 nitrogen and oxygen atoms in total. The van der Waals surface area contributed by atoms with Crippen molar-refractivity contribution in [2.45, 2.75) is 13.5 Å². The highest BCUT2D eigenvalue weighted by molar-refractivity contribution is 5.94. The van der Waals surface area contributed by atoms with Gasteiger partial charge in [-0.3, -0.25) is 14.6 Å². The lowest BCUT2D eigenvalue weighted by Crippen LogP contribution is -2.46. The zero-order valence-electron chi connectivity index (χ0n) is 11.9. The minimum absolute atomic E-state index is 0.0130. The molecular formula is C15H22N2O3. The van der Waals surface area contributed by atoms with E-state index in [1.807, 2.05) is 0 Å². The van der Waals surface area contributed by atoms with Gasteiger partial charge in [0.15, 0.2) is 5.78 Å². The van der Waals surface area contributed by atoms with E-state index in [0.717, 1.165) is 38.3 Å². The zero-order chi connectivity index (χ0) is 14.5. The molecule has 0 aliphatic carbocycles. The van der Waals surface area contributed by atoms with Gasteiger partial charge in [-0.1, -0.05) is 0 Å². The number of phenolic OH excluding ortho intramolecular Hbond substituents is 1. The predicted molar refractivity (Wildman–Crippen MR) is 76.9 cm³/mol. The highest BCUT2D eigenvalue weighted by Crippen LogP contribution is 2.21. The number of hydrogen-bond acceptors (Lipinski definition) is 5. The van der Waals surface area contributed by atoms with Crippen molar-refractivity contribution in [2.75, 3.05) is 39.3 Å². The van der Waals surface area contributed by atoms with Crippen LogP contribution in [0.3, 0.4) is 0 Å². The van der Waals surface area contributed by atoms with Crippen molar-refractivity contribution >= 4 is 5.78 Å². The summed E-state index contributed by atoms with van der Waals surface area (Å²) in [7, 11) is 0. The van der Waals surface area contributed by atoms with E-state index in [-0.39, 0.29) is 18.1 Å². The molecule has 0 radical (unpaired) electrons. The van der Waals surface area contributed by atoms with Gasteiger partial charge in [-0.2, -0.15) is 0 Å². The lowest BCUT2D eigenvalue weighted by Gasteiger charge is -2.34. The molecule has 0 unspecified atom stereocenters. The number of aliphatic hydroxyl groups excluding tert-OH is 1. The minimum Gasteiger partial charge on any atom is -0.508 e. The van der Waals surface area contributed by atoms with Crippen molar-refractivity contribution in [1.29, 1.82) is 0 Å². The Bertz CT molecular complexity index is 468. The van der Waals surface area contributed by atoms with E-state index >= 15 is 0 Å². The molecule has 1 aromatic rings. The lowest BCUT2D eigenvalue weighted by atomic mass is 10.1. The number of β-amino-alcohol motifs (C(OH)–C–C–N with tert-alkyl or cyclic N) is 1. The zero-order valence-corrected chi connectivity index (χ0v) is 11.9.